The zero-order valence-corrected chi connectivity index (χ0v) is 22.0. The average Bonchev–Trinajstić information content (AvgIpc) is 3.56. The first-order valence-corrected chi connectivity index (χ1v) is 14.4. The van der Waals surface area contributed by atoms with Gasteiger partial charge in [-0.15, -0.1) is 11.8 Å². The van der Waals surface area contributed by atoms with Crippen LogP contribution in [0.15, 0.2) is 9.42 Å². The fraction of sp³-hybridized carbons (Fsp3) is 0.808. The van der Waals surface area contributed by atoms with Gasteiger partial charge < -0.3 is 24.4 Å². The second-order valence-corrected chi connectivity index (χ2v) is 13.5. The molecule has 0 aromatic carbocycles. The van der Waals surface area contributed by atoms with Gasteiger partial charge in [0.15, 0.2) is 0 Å². The van der Waals surface area contributed by atoms with E-state index in [0.29, 0.717) is 46.9 Å². The topological polar surface area (TPSA) is 114 Å². The lowest BCUT2D eigenvalue weighted by atomic mass is 9.52. The van der Waals surface area contributed by atoms with Crippen LogP contribution in [0, 0.1) is 17.8 Å². The number of rotatable bonds is 8. The molecule has 1 aromatic rings. The highest BCUT2D eigenvalue weighted by atomic mass is 32.2. The Balaban J connectivity index is 1.19. The summed E-state index contributed by atoms with van der Waals surface area (Å²) in [5, 5.41) is 18.7. The molecule has 1 aromatic heterocycles. The predicted octanol–water partition coefficient (Wildman–Crippen LogP) is 3.99. The van der Waals surface area contributed by atoms with Gasteiger partial charge >= 0.3 is 6.09 Å². The molecule has 6 fully saturated rings. The maximum Gasteiger partial charge on any atom is 0.410 e. The number of aromatic nitrogens is 1. The molecule has 2 atom stereocenters. The van der Waals surface area contributed by atoms with E-state index in [-0.39, 0.29) is 30.4 Å². The van der Waals surface area contributed by atoms with Crippen molar-refractivity contribution >= 4 is 23.8 Å². The van der Waals surface area contributed by atoms with Crippen molar-refractivity contribution < 1.29 is 28.7 Å². The van der Waals surface area contributed by atoms with Crippen molar-refractivity contribution in [2.45, 2.75) is 99.0 Å². The van der Waals surface area contributed by atoms with Crippen LogP contribution in [0.4, 0.5) is 4.79 Å². The molecule has 5 aliphatic carbocycles. The molecule has 2 N–H and O–H groups in total. The number of nitrogens with zero attached hydrogens (tertiary/aromatic N) is 2. The lowest BCUT2D eigenvalue weighted by Crippen LogP contribution is -2.61. The molecule has 4 bridgehead atoms. The molecule has 2 amide bonds. The van der Waals surface area contributed by atoms with Gasteiger partial charge in [-0.2, -0.15) is 0 Å². The molecule has 9 nitrogen and oxygen atoms in total. The molecule has 198 valence electrons. The Bertz CT molecular complexity index is 1010. The largest absolute Gasteiger partial charge is 0.472 e. The van der Waals surface area contributed by atoms with Gasteiger partial charge in [-0.3, -0.25) is 9.69 Å². The quantitative estimate of drug-likeness (QED) is 0.530. The highest BCUT2D eigenvalue weighted by Crippen LogP contribution is 2.55. The SMILES string of the molecule is CC(C)(COc1noc(C(=O)NC2C3CC4CC2CC(O)(C4)C3)c1SC1CCCC1)N1CCOC1=O. The molecule has 5 saturated carbocycles. The van der Waals surface area contributed by atoms with Crippen LogP contribution >= 0.6 is 11.8 Å². The van der Waals surface area contributed by atoms with E-state index < -0.39 is 11.1 Å². The van der Waals surface area contributed by atoms with E-state index in [0.717, 1.165) is 44.9 Å². The fourth-order valence-electron chi connectivity index (χ4n) is 7.48. The minimum Gasteiger partial charge on any atom is -0.472 e. The number of cyclic esters (lactones) is 1. The third-order valence-corrected chi connectivity index (χ3v) is 10.4. The van der Waals surface area contributed by atoms with Crippen LogP contribution in [-0.2, 0) is 4.74 Å². The van der Waals surface area contributed by atoms with Crippen LogP contribution < -0.4 is 10.1 Å². The van der Waals surface area contributed by atoms with Crippen LogP contribution in [-0.4, -0.2) is 69.4 Å². The van der Waals surface area contributed by atoms with E-state index in [1.165, 1.54) is 12.8 Å². The molecule has 1 aliphatic heterocycles. The van der Waals surface area contributed by atoms with Crippen LogP contribution in [0.2, 0.25) is 0 Å². The van der Waals surface area contributed by atoms with E-state index in [9.17, 15) is 14.7 Å². The molecule has 0 spiro atoms. The van der Waals surface area contributed by atoms with Gasteiger partial charge in [0.2, 0.25) is 5.76 Å². The van der Waals surface area contributed by atoms with Crippen LogP contribution in [0.1, 0.15) is 82.2 Å². The highest BCUT2D eigenvalue weighted by molar-refractivity contribution is 8.00. The second kappa shape index (κ2) is 9.11. The smallest absolute Gasteiger partial charge is 0.410 e. The summed E-state index contributed by atoms with van der Waals surface area (Å²) in [5.41, 5.74) is -1.13. The van der Waals surface area contributed by atoms with Gasteiger partial charge in [0, 0.05) is 11.3 Å². The van der Waals surface area contributed by atoms with Gasteiger partial charge in [0.25, 0.3) is 11.8 Å². The van der Waals surface area contributed by atoms with E-state index in [1.807, 2.05) is 13.8 Å². The number of carbonyl (C=O) groups is 2. The monoisotopic (exact) mass is 519 g/mol. The predicted molar refractivity (Wildman–Crippen MR) is 132 cm³/mol. The van der Waals surface area contributed by atoms with E-state index in [2.05, 4.69) is 10.5 Å². The summed E-state index contributed by atoms with van der Waals surface area (Å²) in [6, 6.07) is 0.0632. The number of hydrogen-bond acceptors (Lipinski definition) is 8. The van der Waals surface area contributed by atoms with Crippen molar-refractivity contribution in [3.8, 4) is 5.88 Å². The van der Waals surface area contributed by atoms with Crippen molar-refractivity contribution in [1.82, 2.24) is 15.4 Å². The molecule has 7 rings (SSSR count). The van der Waals surface area contributed by atoms with Crippen LogP contribution in [0.3, 0.4) is 0 Å². The summed E-state index contributed by atoms with van der Waals surface area (Å²) >= 11 is 1.63. The standard InChI is InChI=1S/C26H37N3O6S/c1-25(2,29-7-8-33-24(29)31)14-34-23-21(36-18-5-3-4-6-18)20(35-28-23)22(30)27-19-16-9-15-10-17(19)13-26(32,11-15)12-16/h15-19,32H,3-14H2,1-2H3,(H,27,30). The normalized spacial score (nSPS) is 33.9. The molecular formula is C26H37N3O6S. The Morgan fingerprint density at radius 3 is 2.61 bits per heavy atom. The molecule has 10 heteroatoms. The van der Waals surface area contributed by atoms with Crippen molar-refractivity contribution in [2.75, 3.05) is 19.8 Å². The van der Waals surface area contributed by atoms with Crippen LogP contribution in [0.5, 0.6) is 5.88 Å². The van der Waals surface area contributed by atoms with Gasteiger partial charge in [-0.25, -0.2) is 4.79 Å². The number of thioether (sulfide) groups is 1. The molecule has 36 heavy (non-hydrogen) atoms. The fourth-order valence-corrected chi connectivity index (χ4v) is 8.82. The minimum absolute atomic E-state index is 0.0632. The summed E-state index contributed by atoms with van der Waals surface area (Å²) < 4.78 is 16.8. The first kappa shape index (κ1) is 24.4. The van der Waals surface area contributed by atoms with E-state index in [1.54, 1.807) is 16.7 Å². The zero-order chi connectivity index (χ0) is 25.1. The van der Waals surface area contributed by atoms with Crippen molar-refractivity contribution in [1.29, 1.82) is 0 Å². The first-order chi connectivity index (χ1) is 17.2. The van der Waals surface area contributed by atoms with Crippen molar-refractivity contribution in [3.05, 3.63) is 5.76 Å². The first-order valence-electron chi connectivity index (χ1n) is 13.5. The summed E-state index contributed by atoms with van der Waals surface area (Å²) in [5.74, 6) is 1.50. The number of aliphatic hydroxyl groups is 1. The molecule has 1 saturated heterocycles. The zero-order valence-electron chi connectivity index (χ0n) is 21.2. The van der Waals surface area contributed by atoms with Gasteiger partial charge in [0.05, 0.1) is 17.7 Å². The average molecular weight is 520 g/mol. The maximum absolute atomic E-state index is 13.5. The van der Waals surface area contributed by atoms with Gasteiger partial charge in [0.1, 0.15) is 18.1 Å². The second-order valence-electron chi connectivity index (χ2n) is 12.2. The molecule has 0 radical (unpaired) electrons. The summed E-state index contributed by atoms with van der Waals surface area (Å²) in [7, 11) is 0. The van der Waals surface area contributed by atoms with Gasteiger partial charge in [-0.1, -0.05) is 12.8 Å². The minimum atomic E-state index is -0.592. The van der Waals surface area contributed by atoms with Crippen molar-refractivity contribution in [3.63, 3.8) is 0 Å². The van der Waals surface area contributed by atoms with E-state index in [4.69, 9.17) is 14.0 Å². The number of ether oxygens (including phenoxy) is 2. The van der Waals surface area contributed by atoms with Crippen LogP contribution in [0.25, 0.3) is 0 Å². The Morgan fingerprint density at radius 1 is 1.25 bits per heavy atom. The number of amides is 2. The Labute approximate surface area is 216 Å². The third kappa shape index (κ3) is 4.48. The molecular weight excluding hydrogens is 482 g/mol. The lowest BCUT2D eigenvalue weighted by Gasteiger charge is -2.58. The Hall–Kier alpha value is -1.94. The summed E-state index contributed by atoms with van der Waals surface area (Å²) in [6.45, 7) is 4.96. The number of hydrogen-bond donors (Lipinski definition) is 2. The number of nitrogens with one attached hydrogen (secondary N) is 1. The molecule has 2 heterocycles. The summed E-state index contributed by atoms with van der Waals surface area (Å²) in [4.78, 5) is 27.9. The van der Waals surface area contributed by atoms with E-state index >= 15 is 0 Å². The molecule has 6 aliphatic rings. The molecule has 2 unspecified atom stereocenters. The highest BCUT2D eigenvalue weighted by Gasteiger charge is 2.55. The summed E-state index contributed by atoms with van der Waals surface area (Å²) in [6.07, 6.45) is 8.81. The van der Waals surface area contributed by atoms with Crippen molar-refractivity contribution in [2.24, 2.45) is 17.8 Å². The van der Waals surface area contributed by atoms with Gasteiger partial charge in [-0.05, 0) is 81.7 Å². The Kier molecular flexibility index (Phi) is 6.18. The third-order valence-electron chi connectivity index (χ3n) is 9.01. The number of carbonyl (C=O) groups excluding carboxylic acids is 2. The maximum atomic E-state index is 13.5. The lowest BCUT2D eigenvalue weighted by molar-refractivity contribution is -0.137. The Morgan fingerprint density at radius 2 is 1.97 bits per heavy atom.